The predicted molar refractivity (Wildman–Crippen MR) is 95.0 cm³/mol. The Morgan fingerprint density at radius 3 is 1.96 bits per heavy atom. The van der Waals surface area contributed by atoms with Gasteiger partial charge >= 0.3 is 0 Å². The first-order chi connectivity index (χ1) is 12.4. The average molecular weight is 376 g/mol. The molecule has 0 fully saturated rings. The Morgan fingerprint density at radius 2 is 1.38 bits per heavy atom. The van der Waals surface area contributed by atoms with E-state index in [2.05, 4.69) is 6.92 Å². The molecule has 150 valence electrons. The molecule has 0 amide bonds. The highest BCUT2D eigenvalue weighted by molar-refractivity contribution is 5.20. The van der Waals surface area contributed by atoms with Gasteiger partial charge in [0.1, 0.15) is 17.5 Å². The highest BCUT2D eigenvalue weighted by atomic mass is 19.1. The van der Waals surface area contributed by atoms with E-state index in [0.29, 0.717) is 31.4 Å². The molecule has 0 saturated heterocycles. The van der Waals surface area contributed by atoms with Crippen molar-refractivity contribution in [1.29, 1.82) is 0 Å². The molecule has 0 radical (unpaired) electrons. The molecule has 0 bridgehead atoms. The van der Waals surface area contributed by atoms with Gasteiger partial charge in [-0.3, -0.25) is 0 Å². The van der Waals surface area contributed by atoms with Gasteiger partial charge in [0.25, 0.3) is 6.48 Å². The van der Waals surface area contributed by atoms with Crippen LogP contribution >= 0.6 is 0 Å². The molecule has 0 spiro atoms. The summed E-state index contributed by atoms with van der Waals surface area (Å²) in [5.41, 5.74) is -0.148. The van der Waals surface area contributed by atoms with E-state index < -0.39 is 23.9 Å². The summed E-state index contributed by atoms with van der Waals surface area (Å²) in [6, 6.07) is 1.34. The van der Waals surface area contributed by atoms with Crippen LogP contribution in [-0.4, -0.2) is 22.8 Å². The molecule has 1 unspecified atom stereocenters. The first-order valence-electron chi connectivity index (χ1n) is 9.59. The Bertz CT molecular complexity index is 486. The van der Waals surface area contributed by atoms with Crippen LogP contribution in [0.25, 0.3) is 0 Å². The molecule has 1 rings (SSSR count). The Morgan fingerprint density at radius 1 is 0.846 bits per heavy atom. The normalized spacial score (nSPS) is 12.7. The molecular formula is C20H31F3O3. The number of unbranched alkanes of at least 4 members (excludes halogenated alkanes) is 6. The summed E-state index contributed by atoms with van der Waals surface area (Å²) >= 11 is 0. The van der Waals surface area contributed by atoms with Gasteiger partial charge in [0.05, 0.1) is 6.10 Å². The molecule has 1 atom stereocenters. The second-order valence-electron chi connectivity index (χ2n) is 6.73. The fraction of sp³-hybridized carbons (Fsp3) is 0.700. The van der Waals surface area contributed by atoms with Crippen LogP contribution in [0.3, 0.4) is 0 Å². The zero-order chi connectivity index (χ0) is 19.4. The maximum atomic E-state index is 13.6. The van der Waals surface area contributed by atoms with E-state index in [1.807, 2.05) is 0 Å². The van der Waals surface area contributed by atoms with E-state index in [1.165, 1.54) is 25.7 Å². The summed E-state index contributed by atoms with van der Waals surface area (Å²) in [6.07, 6.45) is 9.24. The van der Waals surface area contributed by atoms with Crippen molar-refractivity contribution in [2.75, 3.05) is 0 Å². The summed E-state index contributed by atoms with van der Waals surface area (Å²) in [7, 11) is 0. The van der Waals surface area contributed by atoms with Gasteiger partial charge in [0.15, 0.2) is 0 Å². The standard InChI is InChI=1S/C20H31F3O3/c1-2-3-4-5-6-7-8-10-16(26-20(24)25)11-9-12-17-18(22)13-15(21)14-19(17)23/h13-14,16,20,24-25H,2-12H2,1H3. The molecule has 0 aliphatic rings. The van der Waals surface area contributed by atoms with Crippen molar-refractivity contribution in [2.45, 2.75) is 90.1 Å². The minimum Gasteiger partial charge on any atom is -0.346 e. The zero-order valence-corrected chi connectivity index (χ0v) is 15.5. The molecule has 0 aromatic heterocycles. The van der Waals surface area contributed by atoms with Crippen LogP contribution in [0.15, 0.2) is 12.1 Å². The zero-order valence-electron chi connectivity index (χ0n) is 15.5. The highest BCUT2D eigenvalue weighted by Crippen LogP contribution is 2.20. The van der Waals surface area contributed by atoms with Crippen molar-refractivity contribution in [3.63, 3.8) is 0 Å². The van der Waals surface area contributed by atoms with Crippen LogP contribution in [-0.2, 0) is 11.2 Å². The Hall–Kier alpha value is -1.11. The molecule has 0 aliphatic carbocycles. The Balaban J connectivity index is 2.36. The van der Waals surface area contributed by atoms with E-state index >= 15 is 0 Å². The third-order valence-electron chi connectivity index (χ3n) is 4.50. The third kappa shape index (κ3) is 9.55. The number of benzene rings is 1. The SMILES string of the molecule is CCCCCCCCCC(CCCc1c(F)cc(F)cc1F)OC(O)O. The molecule has 26 heavy (non-hydrogen) atoms. The number of halogens is 3. The fourth-order valence-electron chi connectivity index (χ4n) is 3.10. The van der Waals surface area contributed by atoms with Gasteiger partial charge in [0.2, 0.25) is 0 Å². The van der Waals surface area contributed by atoms with Crippen molar-refractivity contribution in [1.82, 2.24) is 0 Å². The summed E-state index contributed by atoms with van der Waals surface area (Å²) in [6.45, 7) is 0.315. The van der Waals surface area contributed by atoms with Crippen molar-refractivity contribution in [2.24, 2.45) is 0 Å². The molecular weight excluding hydrogens is 345 g/mol. The van der Waals surface area contributed by atoms with Crippen molar-refractivity contribution in [3.05, 3.63) is 35.1 Å². The third-order valence-corrected chi connectivity index (χ3v) is 4.50. The van der Waals surface area contributed by atoms with Gasteiger partial charge in [-0.25, -0.2) is 13.2 Å². The molecule has 0 aliphatic heterocycles. The minimum absolute atomic E-state index is 0.107. The van der Waals surface area contributed by atoms with Crippen LogP contribution in [0.4, 0.5) is 13.2 Å². The quantitative estimate of drug-likeness (QED) is 0.346. The molecule has 3 nitrogen and oxygen atoms in total. The maximum absolute atomic E-state index is 13.6. The lowest BCUT2D eigenvalue weighted by molar-refractivity contribution is -0.257. The van der Waals surface area contributed by atoms with Crippen LogP contribution in [0.5, 0.6) is 0 Å². The van der Waals surface area contributed by atoms with E-state index in [-0.39, 0.29) is 18.1 Å². The molecule has 0 saturated carbocycles. The Kier molecular flexibility index (Phi) is 11.6. The van der Waals surface area contributed by atoms with Gasteiger partial charge in [-0.1, -0.05) is 51.9 Å². The van der Waals surface area contributed by atoms with Gasteiger partial charge < -0.3 is 14.9 Å². The van der Waals surface area contributed by atoms with Gasteiger partial charge in [-0.05, 0) is 25.7 Å². The number of aliphatic hydroxyl groups is 2. The van der Waals surface area contributed by atoms with Gasteiger partial charge in [-0.15, -0.1) is 0 Å². The number of hydrogen-bond acceptors (Lipinski definition) is 3. The van der Waals surface area contributed by atoms with E-state index in [9.17, 15) is 13.2 Å². The van der Waals surface area contributed by atoms with Crippen molar-refractivity contribution in [3.8, 4) is 0 Å². The second kappa shape index (κ2) is 13.1. The van der Waals surface area contributed by atoms with E-state index in [0.717, 1.165) is 19.3 Å². The first-order valence-corrected chi connectivity index (χ1v) is 9.59. The Labute approximate surface area is 154 Å². The van der Waals surface area contributed by atoms with Gasteiger partial charge in [-0.2, -0.15) is 0 Å². The number of rotatable bonds is 14. The number of aliphatic hydroxyl groups excluding tert-OH is 1. The lowest BCUT2D eigenvalue weighted by Gasteiger charge is -2.19. The molecule has 2 N–H and O–H groups in total. The number of hydrogen-bond donors (Lipinski definition) is 2. The fourth-order valence-corrected chi connectivity index (χ4v) is 3.10. The van der Waals surface area contributed by atoms with Crippen LogP contribution < -0.4 is 0 Å². The molecule has 0 heterocycles. The van der Waals surface area contributed by atoms with Crippen LogP contribution in [0.1, 0.15) is 76.7 Å². The summed E-state index contributed by atoms with van der Waals surface area (Å²) in [5, 5.41) is 18.1. The first kappa shape index (κ1) is 22.9. The molecule has 1 aromatic carbocycles. The van der Waals surface area contributed by atoms with E-state index in [4.69, 9.17) is 14.9 Å². The van der Waals surface area contributed by atoms with Crippen molar-refractivity contribution >= 4 is 0 Å². The van der Waals surface area contributed by atoms with Gasteiger partial charge in [0, 0.05) is 17.7 Å². The number of ether oxygens (including phenoxy) is 1. The van der Waals surface area contributed by atoms with E-state index in [1.54, 1.807) is 0 Å². The highest BCUT2D eigenvalue weighted by Gasteiger charge is 2.15. The average Bonchev–Trinajstić information content (AvgIpc) is 2.55. The van der Waals surface area contributed by atoms with Crippen molar-refractivity contribution < 1.29 is 28.1 Å². The summed E-state index contributed by atoms with van der Waals surface area (Å²) < 4.78 is 45.3. The monoisotopic (exact) mass is 376 g/mol. The lowest BCUT2D eigenvalue weighted by Crippen LogP contribution is -2.22. The lowest BCUT2D eigenvalue weighted by atomic mass is 10.0. The predicted octanol–water partition coefficient (Wildman–Crippen LogP) is 5.22. The second-order valence-corrected chi connectivity index (χ2v) is 6.73. The summed E-state index contributed by atoms with van der Waals surface area (Å²) in [5.74, 6) is -2.73. The largest absolute Gasteiger partial charge is 0.346 e. The topological polar surface area (TPSA) is 49.7 Å². The smallest absolute Gasteiger partial charge is 0.266 e. The van der Waals surface area contributed by atoms with Crippen LogP contribution in [0.2, 0.25) is 0 Å². The summed E-state index contributed by atoms with van der Waals surface area (Å²) in [4.78, 5) is 0. The molecule has 6 heteroatoms. The van der Waals surface area contributed by atoms with Crippen LogP contribution in [0, 0.1) is 17.5 Å². The maximum Gasteiger partial charge on any atom is 0.266 e. The minimum atomic E-state index is -1.86. The molecule has 1 aromatic rings.